The first-order chi connectivity index (χ1) is 13.4. The van der Waals surface area contributed by atoms with Crippen LogP contribution in [-0.2, 0) is 11.2 Å². The topological polar surface area (TPSA) is 105 Å². The fraction of sp³-hybridized carbons (Fsp3) is 0.250. The molecule has 0 radical (unpaired) electrons. The fourth-order valence-electron chi connectivity index (χ4n) is 2.38. The molecule has 1 unspecified atom stereocenters. The summed E-state index contributed by atoms with van der Waals surface area (Å²) in [4.78, 5) is 35.4. The van der Waals surface area contributed by atoms with Crippen LogP contribution in [0.2, 0.25) is 5.02 Å². The highest BCUT2D eigenvalue weighted by Gasteiger charge is 2.22. The number of amides is 2. The highest BCUT2D eigenvalue weighted by molar-refractivity contribution is 6.33. The van der Waals surface area contributed by atoms with Gasteiger partial charge in [0.05, 0.1) is 10.6 Å². The van der Waals surface area contributed by atoms with Crippen LogP contribution in [0, 0.1) is 0 Å². The number of carbonyl (C=O) groups is 3. The van der Waals surface area contributed by atoms with E-state index in [9.17, 15) is 19.5 Å². The second-order valence-corrected chi connectivity index (χ2v) is 6.42. The molecule has 7 nitrogen and oxygen atoms in total. The van der Waals surface area contributed by atoms with E-state index < -0.39 is 24.0 Å². The van der Waals surface area contributed by atoms with Crippen LogP contribution >= 0.6 is 11.6 Å². The zero-order valence-electron chi connectivity index (χ0n) is 15.3. The summed E-state index contributed by atoms with van der Waals surface area (Å²) in [5, 5.41) is 14.7. The normalized spacial score (nSPS) is 11.4. The number of benzene rings is 2. The van der Waals surface area contributed by atoms with E-state index in [0.29, 0.717) is 17.9 Å². The summed E-state index contributed by atoms with van der Waals surface area (Å²) in [6, 6.07) is 11.7. The number of nitrogens with one attached hydrogen (secondary N) is 2. The van der Waals surface area contributed by atoms with Gasteiger partial charge in [0.25, 0.3) is 5.91 Å². The Morgan fingerprint density at radius 2 is 1.79 bits per heavy atom. The highest BCUT2D eigenvalue weighted by Crippen LogP contribution is 2.16. The third-order valence-corrected chi connectivity index (χ3v) is 4.14. The SMILES string of the molecule is CCCNC(=O)Oc1ccc(CC(NC(=O)c2ccccc2Cl)C(=O)O)cc1. The number of carboxylic acid groups (broad SMARTS) is 1. The molecular formula is C20H21ClN2O5. The average molecular weight is 405 g/mol. The van der Waals surface area contributed by atoms with Gasteiger partial charge in [-0.25, -0.2) is 9.59 Å². The second kappa shape index (κ2) is 10.3. The molecule has 0 spiro atoms. The molecule has 2 amide bonds. The van der Waals surface area contributed by atoms with Gasteiger partial charge < -0.3 is 20.5 Å². The molecule has 0 saturated carbocycles. The quantitative estimate of drug-likeness (QED) is 0.626. The Kier molecular flexibility index (Phi) is 7.83. The maximum absolute atomic E-state index is 12.3. The molecule has 0 aliphatic carbocycles. The molecule has 0 aliphatic rings. The number of carboxylic acids is 1. The van der Waals surface area contributed by atoms with Crippen molar-refractivity contribution in [2.45, 2.75) is 25.8 Å². The minimum absolute atomic E-state index is 0.0633. The summed E-state index contributed by atoms with van der Waals surface area (Å²) in [6.07, 6.45) is 0.309. The summed E-state index contributed by atoms with van der Waals surface area (Å²) in [7, 11) is 0. The van der Waals surface area contributed by atoms with Crippen LogP contribution in [0.3, 0.4) is 0 Å². The first-order valence-electron chi connectivity index (χ1n) is 8.73. The lowest BCUT2D eigenvalue weighted by Gasteiger charge is -2.15. The van der Waals surface area contributed by atoms with Crippen molar-refractivity contribution in [1.29, 1.82) is 0 Å². The van der Waals surface area contributed by atoms with Crippen molar-refractivity contribution in [3.05, 3.63) is 64.7 Å². The predicted octanol–water partition coefficient (Wildman–Crippen LogP) is 3.26. The first-order valence-corrected chi connectivity index (χ1v) is 9.11. The van der Waals surface area contributed by atoms with Crippen molar-refractivity contribution in [2.75, 3.05) is 6.54 Å². The second-order valence-electron chi connectivity index (χ2n) is 6.01. The van der Waals surface area contributed by atoms with Crippen molar-refractivity contribution < 1.29 is 24.2 Å². The molecule has 0 bridgehead atoms. The molecule has 0 fully saturated rings. The van der Waals surface area contributed by atoms with Gasteiger partial charge in [0.1, 0.15) is 11.8 Å². The van der Waals surface area contributed by atoms with Gasteiger partial charge in [0.15, 0.2) is 0 Å². The molecule has 1 atom stereocenters. The molecule has 28 heavy (non-hydrogen) atoms. The van der Waals surface area contributed by atoms with E-state index in [0.717, 1.165) is 6.42 Å². The number of carbonyl (C=O) groups excluding carboxylic acids is 2. The number of hydrogen-bond donors (Lipinski definition) is 3. The van der Waals surface area contributed by atoms with E-state index in [2.05, 4.69) is 10.6 Å². The van der Waals surface area contributed by atoms with Crippen LogP contribution in [0.5, 0.6) is 5.75 Å². The molecule has 0 aliphatic heterocycles. The van der Waals surface area contributed by atoms with Crippen molar-refractivity contribution in [3.63, 3.8) is 0 Å². The highest BCUT2D eigenvalue weighted by atomic mass is 35.5. The molecule has 148 valence electrons. The Morgan fingerprint density at radius 1 is 1.11 bits per heavy atom. The zero-order chi connectivity index (χ0) is 20.5. The van der Waals surface area contributed by atoms with Crippen LogP contribution in [0.25, 0.3) is 0 Å². The lowest BCUT2D eigenvalue weighted by molar-refractivity contribution is -0.139. The minimum atomic E-state index is -1.17. The summed E-state index contributed by atoms with van der Waals surface area (Å²) < 4.78 is 5.11. The smallest absolute Gasteiger partial charge is 0.412 e. The molecule has 2 aromatic carbocycles. The number of halogens is 1. The Hall–Kier alpha value is -3.06. The van der Waals surface area contributed by atoms with Gasteiger partial charge in [0, 0.05) is 13.0 Å². The molecule has 0 saturated heterocycles. The molecule has 2 aromatic rings. The van der Waals surface area contributed by atoms with Crippen LogP contribution < -0.4 is 15.4 Å². The van der Waals surface area contributed by atoms with Gasteiger partial charge in [-0.15, -0.1) is 0 Å². The van der Waals surface area contributed by atoms with E-state index in [4.69, 9.17) is 16.3 Å². The molecular weight excluding hydrogens is 384 g/mol. The Bertz CT molecular complexity index is 839. The van der Waals surface area contributed by atoms with E-state index in [1.54, 1.807) is 42.5 Å². The minimum Gasteiger partial charge on any atom is -0.480 e. The summed E-state index contributed by atoms with van der Waals surface area (Å²) in [6.45, 7) is 2.45. The van der Waals surface area contributed by atoms with Gasteiger partial charge in [-0.2, -0.15) is 0 Å². The standard InChI is InChI=1S/C20H21ClN2O5/c1-2-11-22-20(27)28-14-9-7-13(8-10-14)12-17(19(25)26)23-18(24)15-5-3-4-6-16(15)21/h3-10,17H,2,11-12H2,1H3,(H,22,27)(H,23,24)(H,25,26). The van der Waals surface area contributed by atoms with E-state index in [-0.39, 0.29) is 17.0 Å². The van der Waals surface area contributed by atoms with E-state index in [1.165, 1.54) is 6.07 Å². The third kappa shape index (κ3) is 6.28. The number of ether oxygens (including phenoxy) is 1. The van der Waals surface area contributed by atoms with Crippen LogP contribution in [0.1, 0.15) is 29.3 Å². The van der Waals surface area contributed by atoms with Crippen molar-refractivity contribution in [1.82, 2.24) is 10.6 Å². The number of hydrogen-bond acceptors (Lipinski definition) is 4. The third-order valence-electron chi connectivity index (χ3n) is 3.81. The molecule has 0 heterocycles. The summed E-state index contributed by atoms with van der Waals surface area (Å²) in [5.41, 5.74) is 0.866. The lowest BCUT2D eigenvalue weighted by atomic mass is 10.1. The van der Waals surface area contributed by atoms with Gasteiger partial charge in [0.2, 0.25) is 0 Å². The Balaban J connectivity index is 2.00. The van der Waals surface area contributed by atoms with E-state index >= 15 is 0 Å². The van der Waals surface area contributed by atoms with Gasteiger partial charge in [-0.05, 0) is 36.2 Å². The largest absolute Gasteiger partial charge is 0.480 e. The van der Waals surface area contributed by atoms with Crippen LogP contribution in [-0.4, -0.2) is 35.7 Å². The molecule has 2 rings (SSSR count). The maximum atomic E-state index is 12.3. The van der Waals surface area contributed by atoms with Crippen molar-refractivity contribution in [3.8, 4) is 5.75 Å². The number of aliphatic carboxylic acids is 1. The maximum Gasteiger partial charge on any atom is 0.412 e. The number of rotatable bonds is 8. The monoisotopic (exact) mass is 404 g/mol. The van der Waals surface area contributed by atoms with Gasteiger partial charge >= 0.3 is 12.1 Å². The first kappa shape index (κ1) is 21.2. The predicted molar refractivity (Wildman–Crippen MR) is 105 cm³/mol. The summed E-state index contributed by atoms with van der Waals surface area (Å²) in [5.74, 6) is -1.39. The van der Waals surface area contributed by atoms with Gasteiger partial charge in [-0.1, -0.05) is 42.8 Å². The summed E-state index contributed by atoms with van der Waals surface area (Å²) >= 11 is 5.98. The zero-order valence-corrected chi connectivity index (χ0v) is 16.0. The average Bonchev–Trinajstić information content (AvgIpc) is 2.67. The van der Waals surface area contributed by atoms with Crippen molar-refractivity contribution >= 4 is 29.6 Å². The Labute approximate surface area is 167 Å². The fourth-order valence-corrected chi connectivity index (χ4v) is 2.60. The van der Waals surface area contributed by atoms with E-state index in [1.807, 2.05) is 6.92 Å². The van der Waals surface area contributed by atoms with Crippen LogP contribution in [0.15, 0.2) is 48.5 Å². The van der Waals surface area contributed by atoms with Crippen LogP contribution in [0.4, 0.5) is 4.79 Å². The Morgan fingerprint density at radius 3 is 2.39 bits per heavy atom. The molecule has 8 heteroatoms. The van der Waals surface area contributed by atoms with Crippen molar-refractivity contribution in [2.24, 2.45) is 0 Å². The molecule has 0 aromatic heterocycles. The lowest BCUT2D eigenvalue weighted by Crippen LogP contribution is -2.42. The van der Waals surface area contributed by atoms with Gasteiger partial charge in [-0.3, -0.25) is 4.79 Å². The molecule has 3 N–H and O–H groups in total.